The minimum Gasteiger partial charge on any atom is -0.466 e. The second-order valence-corrected chi connectivity index (χ2v) is 16.5. The highest BCUT2D eigenvalue weighted by molar-refractivity contribution is 5.69. The van der Waals surface area contributed by atoms with E-state index in [1.54, 1.807) is 0 Å². The van der Waals surface area contributed by atoms with E-state index in [-0.39, 0.29) is 24.6 Å². The van der Waals surface area contributed by atoms with E-state index in [0.717, 1.165) is 75.5 Å². The van der Waals surface area contributed by atoms with Crippen molar-refractivity contribution in [1.82, 2.24) is 0 Å². The highest BCUT2D eigenvalue weighted by atomic mass is 16.5. The van der Waals surface area contributed by atoms with Gasteiger partial charge in [-0.3, -0.25) is 9.59 Å². The van der Waals surface area contributed by atoms with E-state index in [0.29, 0.717) is 19.4 Å². The summed E-state index contributed by atoms with van der Waals surface area (Å²) in [6.07, 6.45) is 39.5. The van der Waals surface area contributed by atoms with Crippen molar-refractivity contribution < 1.29 is 28.7 Å². The Kier molecular flexibility index (Phi) is 38.7. The zero-order valence-electron chi connectivity index (χ0n) is 35.7. The summed E-state index contributed by atoms with van der Waals surface area (Å²) in [7, 11) is 2.36. The van der Waals surface area contributed by atoms with Gasteiger partial charge < -0.3 is 19.1 Å². The Morgan fingerprint density at radius 3 is 1.29 bits per heavy atom. The summed E-state index contributed by atoms with van der Waals surface area (Å²) in [6.45, 7) is 11.0. The maximum Gasteiger partial charge on any atom is 0.306 e. The SMILES string of the molecule is CCCCCCCCCOC(=O)CCCCCCC[N@+](C)(CCCO)CCCCCCCC(=O)OC(CCCCCCCC)CCCCCCCC. The predicted molar refractivity (Wildman–Crippen MR) is 223 cm³/mol. The second-order valence-electron chi connectivity index (χ2n) is 16.5. The van der Waals surface area contributed by atoms with Crippen molar-refractivity contribution in [2.45, 2.75) is 245 Å². The van der Waals surface area contributed by atoms with E-state index >= 15 is 0 Å². The Balaban J connectivity index is 4.14. The number of carbonyl (C=O) groups excluding carboxylic acids is 2. The molecule has 0 spiro atoms. The molecule has 0 aliphatic heterocycles. The number of unbranched alkanes of at least 4 members (excludes halogenated alkanes) is 24. The maximum atomic E-state index is 12.8. The fourth-order valence-electron chi connectivity index (χ4n) is 7.50. The summed E-state index contributed by atoms with van der Waals surface area (Å²) < 4.78 is 12.5. The molecule has 0 saturated heterocycles. The van der Waals surface area contributed by atoms with Crippen molar-refractivity contribution in [3.63, 3.8) is 0 Å². The molecule has 0 radical (unpaired) electrons. The lowest BCUT2D eigenvalue weighted by Gasteiger charge is -2.35. The largest absolute Gasteiger partial charge is 0.466 e. The Morgan fingerprint density at radius 2 is 0.827 bits per heavy atom. The van der Waals surface area contributed by atoms with E-state index in [1.807, 2.05) is 0 Å². The lowest BCUT2D eigenvalue weighted by Crippen LogP contribution is -2.46. The Morgan fingerprint density at radius 1 is 0.462 bits per heavy atom. The summed E-state index contributed by atoms with van der Waals surface area (Å²) in [5.41, 5.74) is 0. The van der Waals surface area contributed by atoms with Crippen molar-refractivity contribution in [1.29, 1.82) is 0 Å². The van der Waals surface area contributed by atoms with Gasteiger partial charge in [-0.05, 0) is 70.6 Å². The Bertz CT molecular complexity index is 745. The zero-order valence-corrected chi connectivity index (χ0v) is 35.7. The highest BCUT2D eigenvalue weighted by Gasteiger charge is 2.20. The van der Waals surface area contributed by atoms with Crippen LogP contribution in [0.15, 0.2) is 0 Å². The molecule has 0 aromatic rings. The third-order valence-corrected chi connectivity index (χ3v) is 11.1. The Labute approximate surface area is 324 Å². The number of aliphatic hydroxyl groups is 1. The summed E-state index contributed by atoms with van der Waals surface area (Å²) in [5.74, 6) is -0.000600. The first-order chi connectivity index (χ1) is 25.4. The smallest absolute Gasteiger partial charge is 0.306 e. The van der Waals surface area contributed by atoms with Gasteiger partial charge in [0, 0.05) is 25.9 Å². The van der Waals surface area contributed by atoms with Crippen LogP contribution < -0.4 is 0 Å². The third-order valence-electron chi connectivity index (χ3n) is 11.1. The molecule has 0 aliphatic carbocycles. The second kappa shape index (κ2) is 39.6. The molecular weight excluding hydrogens is 647 g/mol. The lowest BCUT2D eigenvalue weighted by atomic mass is 10.0. The van der Waals surface area contributed by atoms with Crippen molar-refractivity contribution in [3.05, 3.63) is 0 Å². The normalized spacial score (nSPS) is 12.7. The number of ether oxygens (including phenoxy) is 2. The van der Waals surface area contributed by atoms with Gasteiger partial charge in [0.2, 0.25) is 0 Å². The molecule has 1 atom stereocenters. The van der Waals surface area contributed by atoms with E-state index in [4.69, 9.17) is 9.47 Å². The van der Waals surface area contributed by atoms with Gasteiger partial charge in [-0.15, -0.1) is 0 Å². The number of rotatable bonds is 42. The molecule has 6 heteroatoms. The molecule has 0 heterocycles. The first-order valence-corrected chi connectivity index (χ1v) is 23.2. The van der Waals surface area contributed by atoms with Crippen LogP contribution in [0.3, 0.4) is 0 Å². The molecule has 0 fully saturated rings. The van der Waals surface area contributed by atoms with E-state index in [9.17, 15) is 14.7 Å². The molecule has 310 valence electrons. The monoisotopic (exact) mass is 739 g/mol. The average Bonchev–Trinajstić information content (AvgIpc) is 3.13. The van der Waals surface area contributed by atoms with Crippen LogP contribution in [0.25, 0.3) is 0 Å². The summed E-state index contributed by atoms with van der Waals surface area (Å²) >= 11 is 0. The van der Waals surface area contributed by atoms with E-state index < -0.39 is 0 Å². The highest BCUT2D eigenvalue weighted by Crippen LogP contribution is 2.19. The van der Waals surface area contributed by atoms with Gasteiger partial charge in [-0.1, -0.05) is 149 Å². The van der Waals surface area contributed by atoms with Crippen LogP contribution in [0.2, 0.25) is 0 Å². The number of hydrogen-bond acceptors (Lipinski definition) is 5. The summed E-state index contributed by atoms with van der Waals surface area (Å²) in [4.78, 5) is 24.8. The van der Waals surface area contributed by atoms with E-state index in [2.05, 4.69) is 27.8 Å². The lowest BCUT2D eigenvalue weighted by molar-refractivity contribution is -0.910. The van der Waals surface area contributed by atoms with Gasteiger partial charge >= 0.3 is 11.9 Å². The van der Waals surface area contributed by atoms with Gasteiger partial charge in [0.15, 0.2) is 0 Å². The number of hydrogen-bond donors (Lipinski definition) is 1. The quantitative estimate of drug-likeness (QED) is 0.0383. The molecule has 0 aromatic carbocycles. The first kappa shape index (κ1) is 50.9. The van der Waals surface area contributed by atoms with Crippen LogP contribution in [-0.4, -0.2) is 67.5 Å². The van der Waals surface area contributed by atoms with Crippen LogP contribution in [0.4, 0.5) is 0 Å². The van der Waals surface area contributed by atoms with Crippen LogP contribution in [0, 0.1) is 0 Å². The van der Waals surface area contributed by atoms with E-state index in [1.165, 1.54) is 154 Å². The van der Waals surface area contributed by atoms with Crippen molar-refractivity contribution in [3.8, 4) is 0 Å². The van der Waals surface area contributed by atoms with Crippen LogP contribution in [0.5, 0.6) is 0 Å². The van der Waals surface area contributed by atoms with Crippen LogP contribution in [0.1, 0.15) is 239 Å². The molecule has 52 heavy (non-hydrogen) atoms. The maximum absolute atomic E-state index is 12.8. The van der Waals surface area contributed by atoms with Gasteiger partial charge in [0.1, 0.15) is 6.10 Å². The molecular formula is C46H92NO5+. The molecule has 0 aliphatic rings. The Hall–Kier alpha value is -1.14. The van der Waals surface area contributed by atoms with Gasteiger partial charge in [-0.2, -0.15) is 0 Å². The standard InChI is InChI=1S/C46H92NO5/c1-5-8-11-14-17-26-33-43-51-45(49)37-29-22-18-24-31-39-47(4,41-34-42-48)40-32-25-19-23-30-38-46(50)52-44(35-27-20-15-12-9-6-2)36-28-21-16-13-10-7-3/h44,48H,5-43H2,1-4H3/q+1/t47-/m0/s1. The van der Waals surface area contributed by atoms with Crippen molar-refractivity contribution >= 4 is 11.9 Å². The molecule has 0 unspecified atom stereocenters. The molecule has 0 rings (SSSR count). The third kappa shape index (κ3) is 35.9. The number of esters is 2. The van der Waals surface area contributed by atoms with Crippen LogP contribution in [-0.2, 0) is 19.1 Å². The van der Waals surface area contributed by atoms with Crippen molar-refractivity contribution in [2.24, 2.45) is 0 Å². The number of aliphatic hydroxyl groups excluding tert-OH is 1. The predicted octanol–water partition coefficient (Wildman–Crippen LogP) is 13.2. The molecule has 6 nitrogen and oxygen atoms in total. The minimum absolute atomic E-state index is 0.0222. The molecule has 0 amide bonds. The molecule has 0 aromatic heterocycles. The van der Waals surface area contributed by atoms with Crippen molar-refractivity contribution in [2.75, 3.05) is 39.9 Å². The van der Waals surface area contributed by atoms with Gasteiger partial charge in [0.25, 0.3) is 0 Å². The number of carbonyl (C=O) groups is 2. The summed E-state index contributed by atoms with van der Waals surface area (Å²) in [6, 6.07) is 0. The molecule has 0 saturated carbocycles. The first-order valence-electron chi connectivity index (χ1n) is 23.2. The molecule has 0 bridgehead atoms. The summed E-state index contributed by atoms with van der Waals surface area (Å²) in [5, 5.41) is 9.51. The van der Waals surface area contributed by atoms with Crippen LogP contribution >= 0.6 is 0 Å². The topological polar surface area (TPSA) is 72.8 Å². The fraction of sp³-hybridized carbons (Fsp3) is 0.957. The number of nitrogens with zero attached hydrogens (tertiary/aromatic N) is 1. The average molecular weight is 739 g/mol. The molecule has 1 N–H and O–H groups in total. The minimum atomic E-state index is -0.0228. The van der Waals surface area contributed by atoms with Gasteiger partial charge in [0.05, 0.1) is 33.3 Å². The fourth-order valence-corrected chi connectivity index (χ4v) is 7.50. The number of quaternary nitrogens is 1. The van der Waals surface area contributed by atoms with Gasteiger partial charge in [-0.25, -0.2) is 0 Å². The zero-order chi connectivity index (χ0) is 38.2.